The highest BCUT2D eigenvalue weighted by Crippen LogP contribution is 2.27. The van der Waals surface area contributed by atoms with E-state index in [4.69, 9.17) is 9.47 Å². The first-order valence-corrected chi connectivity index (χ1v) is 10.7. The Morgan fingerprint density at radius 3 is 2.96 bits per heavy atom. The Morgan fingerprint density at radius 1 is 1.28 bits per heavy atom. The van der Waals surface area contributed by atoms with Gasteiger partial charge in [0.05, 0.1) is 35.2 Å². The van der Waals surface area contributed by atoms with Crippen LogP contribution >= 0.6 is 23.1 Å². The van der Waals surface area contributed by atoms with Gasteiger partial charge in [0, 0.05) is 12.3 Å². The Morgan fingerprint density at radius 2 is 2.12 bits per heavy atom. The predicted octanol–water partition coefficient (Wildman–Crippen LogP) is 3.28. The summed E-state index contributed by atoms with van der Waals surface area (Å²) < 4.78 is 12.5. The van der Waals surface area contributed by atoms with Crippen LogP contribution in [0.2, 0.25) is 0 Å². The molecule has 1 aromatic carbocycles. The number of hydrogen-bond acceptors (Lipinski definition) is 6. The molecule has 25 heavy (non-hydrogen) atoms. The van der Waals surface area contributed by atoms with E-state index in [-0.39, 0.29) is 18.2 Å². The lowest BCUT2D eigenvalue weighted by Gasteiger charge is -2.38. The minimum Gasteiger partial charge on any atom is -0.348 e. The number of carbonyl (C=O) groups is 1. The Labute approximate surface area is 155 Å². The molecule has 2 saturated heterocycles. The molecule has 134 valence electrons. The van der Waals surface area contributed by atoms with Gasteiger partial charge in [-0.15, -0.1) is 23.1 Å². The van der Waals surface area contributed by atoms with Gasteiger partial charge in [0.15, 0.2) is 6.29 Å². The standard InChI is InChI=1S/C18H22N2O3S2/c21-17(20-8-4-3-6-14(20)18-22-9-10-23-18)12-24-11-16-19-13-5-1-2-7-15(13)25-16/h1-2,5,7,14,18H,3-4,6,8-12H2. The molecule has 2 aliphatic rings. The second-order valence-electron chi connectivity index (χ2n) is 6.33. The van der Waals surface area contributed by atoms with Gasteiger partial charge in [0.25, 0.3) is 0 Å². The molecule has 1 amide bonds. The molecule has 1 unspecified atom stereocenters. The van der Waals surface area contributed by atoms with Crippen molar-refractivity contribution in [3.8, 4) is 0 Å². The SMILES string of the molecule is O=C(CSCc1nc2ccccc2s1)N1CCCCC1C1OCCO1. The number of likely N-dealkylation sites (tertiary alicyclic amines) is 1. The summed E-state index contributed by atoms with van der Waals surface area (Å²) >= 11 is 3.35. The first-order valence-electron chi connectivity index (χ1n) is 8.76. The van der Waals surface area contributed by atoms with E-state index < -0.39 is 0 Å². The number of fused-ring (bicyclic) bond motifs is 1. The molecule has 0 N–H and O–H groups in total. The summed E-state index contributed by atoms with van der Waals surface area (Å²) in [4.78, 5) is 19.3. The van der Waals surface area contributed by atoms with Gasteiger partial charge in [-0.2, -0.15) is 0 Å². The lowest BCUT2D eigenvalue weighted by atomic mass is 10.0. The molecular formula is C18H22N2O3S2. The van der Waals surface area contributed by atoms with E-state index in [0.29, 0.717) is 19.0 Å². The van der Waals surface area contributed by atoms with Crippen LogP contribution in [0.4, 0.5) is 0 Å². The quantitative estimate of drug-likeness (QED) is 0.799. The summed E-state index contributed by atoms with van der Waals surface area (Å²) in [7, 11) is 0. The summed E-state index contributed by atoms with van der Waals surface area (Å²) in [6.45, 7) is 2.08. The van der Waals surface area contributed by atoms with Gasteiger partial charge >= 0.3 is 0 Å². The normalized spacial score (nSPS) is 21.9. The number of rotatable bonds is 5. The second-order valence-corrected chi connectivity index (χ2v) is 8.43. The molecule has 4 rings (SSSR count). The van der Waals surface area contributed by atoms with Crippen LogP contribution in [-0.2, 0) is 20.0 Å². The second kappa shape index (κ2) is 8.03. The molecule has 7 heteroatoms. The fourth-order valence-electron chi connectivity index (χ4n) is 3.44. The number of amides is 1. The van der Waals surface area contributed by atoms with Crippen molar-refractivity contribution in [1.82, 2.24) is 9.88 Å². The highest BCUT2D eigenvalue weighted by atomic mass is 32.2. The van der Waals surface area contributed by atoms with Crippen LogP contribution in [0.25, 0.3) is 10.2 Å². The van der Waals surface area contributed by atoms with Crippen molar-refractivity contribution in [2.75, 3.05) is 25.5 Å². The first-order chi connectivity index (χ1) is 12.3. The fraction of sp³-hybridized carbons (Fsp3) is 0.556. The predicted molar refractivity (Wildman–Crippen MR) is 101 cm³/mol. The number of benzene rings is 1. The number of nitrogens with zero attached hydrogens (tertiary/aromatic N) is 2. The summed E-state index contributed by atoms with van der Waals surface area (Å²) in [5, 5.41) is 1.08. The molecule has 2 aromatic rings. The molecule has 5 nitrogen and oxygen atoms in total. The largest absolute Gasteiger partial charge is 0.348 e. The fourth-order valence-corrected chi connectivity index (χ4v) is 5.37. The molecule has 2 fully saturated rings. The van der Waals surface area contributed by atoms with Gasteiger partial charge in [0.2, 0.25) is 5.91 Å². The van der Waals surface area contributed by atoms with E-state index in [1.165, 1.54) is 4.70 Å². The Bertz CT molecular complexity index is 697. The minimum absolute atomic E-state index is 0.0757. The highest BCUT2D eigenvalue weighted by molar-refractivity contribution is 7.99. The van der Waals surface area contributed by atoms with Crippen molar-refractivity contribution >= 4 is 39.2 Å². The van der Waals surface area contributed by atoms with Crippen LogP contribution in [0, 0.1) is 0 Å². The Hall–Kier alpha value is -1.15. The molecule has 0 aliphatic carbocycles. The third-order valence-corrected chi connectivity index (χ3v) is 6.77. The number of carbonyl (C=O) groups excluding carboxylic acids is 1. The zero-order chi connectivity index (χ0) is 17.1. The van der Waals surface area contributed by atoms with E-state index in [2.05, 4.69) is 11.1 Å². The van der Waals surface area contributed by atoms with Crippen LogP contribution in [0.15, 0.2) is 24.3 Å². The van der Waals surface area contributed by atoms with Crippen molar-refractivity contribution in [3.63, 3.8) is 0 Å². The highest BCUT2D eigenvalue weighted by Gasteiger charge is 2.35. The maximum absolute atomic E-state index is 12.7. The van der Waals surface area contributed by atoms with E-state index in [9.17, 15) is 4.79 Å². The number of para-hydroxylation sites is 1. The molecule has 0 radical (unpaired) electrons. The van der Waals surface area contributed by atoms with Crippen LogP contribution in [0.5, 0.6) is 0 Å². The summed E-state index contributed by atoms with van der Waals surface area (Å²) in [5.41, 5.74) is 1.04. The van der Waals surface area contributed by atoms with Gasteiger partial charge in [-0.1, -0.05) is 12.1 Å². The van der Waals surface area contributed by atoms with Gasteiger partial charge in [-0.25, -0.2) is 4.98 Å². The molecular weight excluding hydrogens is 356 g/mol. The van der Waals surface area contributed by atoms with Gasteiger partial charge in [-0.05, 0) is 31.4 Å². The Balaban J connectivity index is 1.32. The zero-order valence-corrected chi connectivity index (χ0v) is 15.7. The molecule has 2 aliphatic heterocycles. The van der Waals surface area contributed by atoms with Crippen LogP contribution < -0.4 is 0 Å². The number of hydrogen-bond donors (Lipinski definition) is 0. The van der Waals surface area contributed by atoms with Crippen molar-refractivity contribution in [2.24, 2.45) is 0 Å². The van der Waals surface area contributed by atoms with Crippen LogP contribution in [0.1, 0.15) is 24.3 Å². The first kappa shape index (κ1) is 17.3. The summed E-state index contributed by atoms with van der Waals surface area (Å²) in [5.74, 6) is 1.45. The third kappa shape index (κ3) is 4.00. The summed E-state index contributed by atoms with van der Waals surface area (Å²) in [6, 6.07) is 8.24. The maximum Gasteiger partial charge on any atom is 0.233 e. The number of aromatic nitrogens is 1. The smallest absolute Gasteiger partial charge is 0.233 e. The van der Waals surface area contributed by atoms with Gasteiger partial charge in [0.1, 0.15) is 5.01 Å². The maximum atomic E-state index is 12.7. The average Bonchev–Trinajstić information content (AvgIpc) is 3.31. The van der Waals surface area contributed by atoms with E-state index >= 15 is 0 Å². The van der Waals surface area contributed by atoms with Crippen LogP contribution in [0.3, 0.4) is 0 Å². The number of thiazole rings is 1. The van der Waals surface area contributed by atoms with Crippen molar-refractivity contribution in [2.45, 2.75) is 37.3 Å². The molecule has 3 heterocycles. The molecule has 0 bridgehead atoms. The van der Waals surface area contributed by atoms with Crippen molar-refractivity contribution in [3.05, 3.63) is 29.3 Å². The van der Waals surface area contributed by atoms with Crippen LogP contribution in [-0.4, -0.2) is 53.6 Å². The third-order valence-electron chi connectivity index (χ3n) is 4.62. The van der Waals surface area contributed by atoms with E-state index in [1.807, 2.05) is 23.1 Å². The van der Waals surface area contributed by atoms with Crippen molar-refractivity contribution < 1.29 is 14.3 Å². The monoisotopic (exact) mass is 378 g/mol. The minimum atomic E-state index is -0.237. The lowest BCUT2D eigenvalue weighted by Crippen LogP contribution is -2.50. The Kier molecular flexibility index (Phi) is 5.55. The summed E-state index contributed by atoms with van der Waals surface area (Å²) in [6.07, 6.45) is 2.94. The number of ether oxygens (including phenoxy) is 2. The number of piperidine rings is 1. The van der Waals surface area contributed by atoms with Gasteiger partial charge in [-0.3, -0.25) is 4.79 Å². The topological polar surface area (TPSA) is 51.7 Å². The molecule has 0 spiro atoms. The number of thioether (sulfide) groups is 1. The molecule has 1 atom stereocenters. The average molecular weight is 379 g/mol. The van der Waals surface area contributed by atoms with Gasteiger partial charge < -0.3 is 14.4 Å². The van der Waals surface area contributed by atoms with Crippen molar-refractivity contribution in [1.29, 1.82) is 0 Å². The van der Waals surface area contributed by atoms with E-state index in [0.717, 1.165) is 42.1 Å². The molecule has 1 aromatic heterocycles. The van der Waals surface area contributed by atoms with E-state index in [1.54, 1.807) is 23.1 Å². The molecule has 0 saturated carbocycles. The lowest BCUT2D eigenvalue weighted by molar-refractivity contribution is -0.148. The zero-order valence-electron chi connectivity index (χ0n) is 14.1.